The standard InChI is InChI=1S/C19H29N3O2/c1-6-17-16(19(24-5)21(4)20-17)12-22(7-2)13-18(23)15-10-8-14(3)9-11-15/h8-11,18,23H,6-7,12-13H2,1-5H3. The van der Waals surface area contributed by atoms with E-state index in [1.807, 2.05) is 31.3 Å². The van der Waals surface area contributed by atoms with Crippen molar-refractivity contribution in [2.24, 2.45) is 7.05 Å². The van der Waals surface area contributed by atoms with E-state index in [0.29, 0.717) is 6.54 Å². The fourth-order valence-electron chi connectivity index (χ4n) is 2.97. The summed E-state index contributed by atoms with van der Waals surface area (Å²) in [6, 6.07) is 8.06. The second-order valence-corrected chi connectivity index (χ2v) is 6.17. The van der Waals surface area contributed by atoms with E-state index in [0.717, 1.165) is 42.2 Å². The van der Waals surface area contributed by atoms with Crippen molar-refractivity contribution in [3.05, 3.63) is 46.6 Å². The van der Waals surface area contributed by atoms with E-state index in [2.05, 4.69) is 30.8 Å². The number of methoxy groups -OCH3 is 1. The van der Waals surface area contributed by atoms with Gasteiger partial charge >= 0.3 is 0 Å². The highest BCUT2D eigenvalue weighted by Gasteiger charge is 2.20. The molecule has 0 aliphatic rings. The van der Waals surface area contributed by atoms with Crippen LogP contribution in [0.4, 0.5) is 0 Å². The molecule has 0 saturated heterocycles. The highest BCUT2D eigenvalue weighted by molar-refractivity contribution is 5.32. The van der Waals surface area contributed by atoms with Gasteiger partial charge in [0.15, 0.2) is 0 Å². The molecule has 0 radical (unpaired) electrons. The van der Waals surface area contributed by atoms with Crippen LogP contribution in [0.2, 0.25) is 0 Å². The molecule has 24 heavy (non-hydrogen) atoms. The van der Waals surface area contributed by atoms with E-state index in [1.54, 1.807) is 11.8 Å². The molecule has 1 atom stereocenters. The summed E-state index contributed by atoms with van der Waals surface area (Å²) in [6.07, 6.45) is 0.364. The summed E-state index contributed by atoms with van der Waals surface area (Å²) in [5.74, 6) is 0.801. The molecule has 1 heterocycles. The molecule has 1 N–H and O–H groups in total. The number of aliphatic hydroxyl groups excluding tert-OH is 1. The number of benzene rings is 1. The van der Waals surface area contributed by atoms with E-state index in [4.69, 9.17) is 4.74 Å². The predicted octanol–water partition coefficient (Wildman–Crippen LogP) is 2.86. The number of aryl methyl sites for hydroxylation is 3. The van der Waals surface area contributed by atoms with E-state index < -0.39 is 6.10 Å². The van der Waals surface area contributed by atoms with Crippen molar-refractivity contribution < 1.29 is 9.84 Å². The van der Waals surface area contributed by atoms with Crippen LogP contribution in [0.3, 0.4) is 0 Å². The number of nitrogens with zero attached hydrogens (tertiary/aromatic N) is 3. The average molecular weight is 331 g/mol. The lowest BCUT2D eigenvalue weighted by Crippen LogP contribution is -2.28. The third kappa shape index (κ3) is 4.16. The minimum absolute atomic E-state index is 0.502. The van der Waals surface area contributed by atoms with Crippen LogP contribution in [-0.2, 0) is 20.0 Å². The molecule has 0 aliphatic carbocycles. The first-order valence-corrected chi connectivity index (χ1v) is 8.55. The van der Waals surface area contributed by atoms with Gasteiger partial charge in [-0.3, -0.25) is 4.90 Å². The number of aromatic nitrogens is 2. The Morgan fingerprint density at radius 1 is 1.25 bits per heavy atom. The fraction of sp³-hybridized carbons (Fsp3) is 0.526. The molecule has 2 rings (SSSR count). The zero-order valence-corrected chi connectivity index (χ0v) is 15.4. The monoisotopic (exact) mass is 331 g/mol. The van der Waals surface area contributed by atoms with Gasteiger partial charge in [0.25, 0.3) is 0 Å². The topological polar surface area (TPSA) is 50.5 Å². The van der Waals surface area contributed by atoms with E-state index >= 15 is 0 Å². The summed E-state index contributed by atoms with van der Waals surface area (Å²) < 4.78 is 7.31. The Balaban J connectivity index is 2.13. The molecule has 0 spiro atoms. The van der Waals surface area contributed by atoms with Gasteiger partial charge in [-0.05, 0) is 25.5 Å². The Bertz CT molecular complexity index is 649. The molecule has 1 aromatic heterocycles. The largest absolute Gasteiger partial charge is 0.481 e. The number of aliphatic hydroxyl groups is 1. The number of ether oxygens (including phenoxy) is 1. The van der Waals surface area contributed by atoms with Gasteiger partial charge in [0.2, 0.25) is 5.88 Å². The Morgan fingerprint density at radius 3 is 2.46 bits per heavy atom. The molecule has 0 saturated carbocycles. The molecular formula is C19H29N3O2. The van der Waals surface area contributed by atoms with Crippen LogP contribution >= 0.6 is 0 Å². The molecule has 1 aromatic carbocycles. The maximum absolute atomic E-state index is 10.6. The van der Waals surface area contributed by atoms with Gasteiger partial charge < -0.3 is 9.84 Å². The van der Waals surface area contributed by atoms with Gasteiger partial charge in [0.1, 0.15) is 0 Å². The minimum Gasteiger partial charge on any atom is -0.481 e. The Kier molecular flexibility index (Phi) is 6.40. The van der Waals surface area contributed by atoms with Crippen molar-refractivity contribution in [2.45, 2.75) is 39.8 Å². The molecule has 5 nitrogen and oxygen atoms in total. The molecule has 0 bridgehead atoms. The van der Waals surface area contributed by atoms with Crippen LogP contribution in [0.15, 0.2) is 24.3 Å². The normalized spacial score (nSPS) is 12.6. The van der Waals surface area contributed by atoms with Gasteiger partial charge in [0, 0.05) is 20.1 Å². The van der Waals surface area contributed by atoms with Crippen LogP contribution in [-0.4, -0.2) is 40.0 Å². The maximum Gasteiger partial charge on any atom is 0.216 e. The third-order valence-corrected chi connectivity index (χ3v) is 4.42. The first kappa shape index (κ1) is 18.5. The van der Waals surface area contributed by atoms with Crippen LogP contribution in [0, 0.1) is 6.92 Å². The van der Waals surface area contributed by atoms with Gasteiger partial charge in [-0.25, -0.2) is 4.68 Å². The predicted molar refractivity (Wildman–Crippen MR) is 96.2 cm³/mol. The Hall–Kier alpha value is -1.85. The summed E-state index contributed by atoms with van der Waals surface area (Å²) in [5, 5.41) is 15.1. The van der Waals surface area contributed by atoms with E-state index in [9.17, 15) is 5.11 Å². The van der Waals surface area contributed by atoms with Crippen molar-refractivity contribution in [2.75, 3.05) is 20.2 Å². The number of rotatable bonds is 8. The molecule has 0 aliphatic heterocycles. The second-order valence-electron chi connectivity index (χ2n) is 6.17. The first-order chi connectivity index (χ1) is 11.5. The number of likely N-dealkylation sites (N-methyl/N-ethyl adjacent to an activating group) is 1. The van der Waals surface area contributed by atoms with Gasteiger partial charge in [-0.15, -0.1) is 0 Å². The van der Waals surface area contributed by atoms with Crippen LogP contribution in [0.5, 0.6) is 5.88 Å². The second kappa shape index (κ2) is 8.31. The van der Waals surface area contributed by atoms with Crippen LogP contribution in [0.25, 0.3) is 0 Å². The SMILES string of the molecule is CCc1nn(C)c(OC)c1CN(CC)CC(O)c1ccc(C)cc1. The third-order valence-electron chi connectivity index (χ3n) is 4.42. The molecule has 0 amide bonds. The lowest BCUT2D eigenvalue weighted by molar-refractivity contribution is 0.111. The molecule has 2 aromatic rings. The van der Waals surface area contributed by atoms with Crippen molar-refractivity contribution in [1.29, 1.82) is 0 Å². The highest BCUT2D eigenvalue weighted by atomic mass is 16.5. The highest BCUT2D eigenvalue weighted by Crippen LogP contribution is 2.25. The van der Waals surface area contributed by atoms with Crippen molar-refractivity contribution in [3.8, 4) is 5.88 Å². The van der Waals surface area contributed by atoms with Crippen molar-refractivity contribution in [1.82, 2.24) is 14.7 Å². The minimum atomic E-state index is -0.502. The summed E-state index contributed by atoms with van der Waals surface area (Å²) in [4.78, 5) is 2.23. The Labute approximate surface area is 144 Å². The van der Waals surface area contributed by atoms with Gasteiger partial charge in [0.05, 0.1) is 24.5 Å². The van der Waals surface area contributed by atoms with Crippen LogP contribution in [0.1, 0.15) is 42.3 Å². The first-order valence-electron chi connectivity index (χ1n) is 8.55. The lowest BCUT2D eigenvalue weighted by atomic mass is 10.1. The summed E-state index contributed by atoms with van der Waals surface area (Å²) in [5.41, 5.74) is 4.32. The average Bonchev–Trinajstić information content (AvgIpc) is 2.89. The van der Waals surface area contributed by atoms with Gasteiger partial charge in [-0.1, -0.05) is 43.7 Å². The molecule has 132 valence electrons. The molecule has 5 heteroatoms. The Morgan fingerprint density at radius 2 is 1.92 bits per heavy atom. The van der Waals surface area contributed by atoms with Crippen molar-refractivity contribution in [3.63, 3.8) is 0 Å². The summed E-state index contributed by atoms with van der Waals surface area (Å²) in [7, 11) is 3.58. The molecule has 0 fully saturated rings. The maximum atomic E-state index is 10.6. The quantitative estimate of drug-likeness (QED) is 0.808. The smallest absolute Gasteiger partial charge is 0.216 e. The summed E-state index contributed by atoms with van der Waals surface area (Å²) >= 11 is 0. The summed E-state index contributed by atoms with van der Waals surface area (Å²) in [6.45, 7) is 8.42. The zero-order valence-electron chi connectivity index (χ0n) is 15.4. The lowest BCUT2D eigenvalue weighted by Gasteiger charge is -2.24. The fourth-order valence-corrected chi connectivity index (χ4v) is 2.97. The van der Waals surface area contributed by atoms with Crippen LogP contribution < -0.4 is 4.74 Å². The van der Waals surface area contributed by atoms with E-state index in [-0.39, 0.29) is 0 Å². The van der Waals surface area contributed by atoms with Gasteiger partial charge in [-0.2, -0.15) is 5.10 Å². The van der Waals surface area contributed by atoms with E-state index in [1.165, 1.54) is 5.56 Å². The molecule has 1 unspecified atom stereocenters. The zero-order chi connectivity index (χ0) is 17.7. The van der Waals surface area contributed by atoms with Crippen molar-refractivity contribution >= 4 is 0 Å². The number of hydrogen-bond acceptors (Lipinski definition) is 4. The molecular weight excluding hydrogens is 302 g/mol. The number of hydrogen-bond donors (Lipinski definition) is 1.